The van der Waals surface area contributed by atoms with Gasteiger partial charge in [0.2, 0.25) is 0 Å². The number of aromatic nitrogens is 1. The molecule has 1 aromatic heterocycles. The van der Waals surface area contributed by atoms with E-state index in [4.69, 9.17) is 18.0 Å². The zero-order valence-electron chi connectivity index (χ0n) is 8.90. The molecule has 16 heavy (non-hydrogen) atoms. The van der Waals surface area contributed by atoms with E-state index in [0.29, 0.717) is 4.99 Å². The van der Waals surface area contributed by atoms with Crippen LogP contribution in [0, 0.1) is 0 Å². The SMILES string of the molecule is NC(=S)C1CCCN1Cc1cncc(Br)c1. The van der Waals surface area contributed by atoms with Crippen molar-refractivity contribution in [2.24, 2.45) is 5.73 Å². The molecule has 3 nitrogen and oxygen atoms in total. The number of thiocarbonyl (C=S) groups is 1. The molecule has 2 heterocycles. The first-order valence-electron chi connectivity index (χ1n) is 5.29. The van der Waals surface area contributed by atoms with Crippen molar-refractivity contribution in [1.29, 1.82) is 0 Å². The maximum Gasteiger partial charge on any atom is 0.0902 e. The van der Waals surface area contributed by atoms with Crippen LogP contribution >= 0.6 is 28.1 Å². The second-order valence-electron chi connectivity index (χ2n) is 4.04. The van der Waals surface area contributed by atoms with Gasteiger partial charge in [0.1, 0.15) is 0 Å². The molecule has 0 aromatic carbocycles. The first kappa shape index (κ1) is 12.0. The molecule has 1 fully saturated rings. The number of pyridine rings is 1. The Morgan fingerprint density at radius 3 is 3.12 bits per heavy atom. The van der Waals surface area contributed by atoms with Gasteiger partial charge in [-0.1, -0.05) is 12.2 Å². The lowest BCUT2D eigenvalue weighted by Crippen LogP contribution is -2.38. The van der Waals surface area contributed by atoms with Gasteiger partial charge >= 0.3 is 0 Å². The Hall–Kier alpha value is -0.520. The highest BCUT2D eigenvalue weighted by atomic mass is 79.9. The summed E-state index contributed by atoms with van der Waals surface area (Å²) in [6, 6.07) is 2.34. The molecule has 1 atom stereocenters. The fourth-order valence-electron chi connectivity index (χ4n) is 2.11. The maximum atomic E-state index is 5.74. The topological polar surface area (TPSA) is 42.1 Å². The summed E-state index contributed by atoms with van der Waals surface area (Å²) in [6.07, 6.45) is 5.93. The van der Waals surface area contributed by atoms with E-state index in [1.54, 1.807) is 6.20 Å². The van der Waals surface area contributed by atoms with Crippen molar-refractivity contribution in [1.82, 2.24) is 9.88 Å². The van der Waals surface area contributed by atoms with Crippen molar-refractivity contribution in [2.75, 3.05) is 6.54 Å². The molecule has 1 aliphatic rings. The highest BCUT2D eigenvalue weighted by molar-refractivity contribution is 9.10. The van der Waals surface area contributed by atoms with E-state index in [0.717, 1.165) is 24.0 Å². The summed E-state index contributed by atoms with van der Waals surface area (Å²) in [5.74, 6) is 0. The van der Waals surface area contributed by atoms with Crippen LogP contribution in [0.15, 0.2) is 22.9 Å². The molecule has 2 N–H and O–H groups in total. The second-order valence-corrected chi connectivity index (χ2v) is 5.43. The van der Waals surface area contributed by atoms with Crippen LogP contribution in [-0.2, 0) is 6.54 Å². The van der Waals surface area contributed by atoms with E-state index in [9.17, 15) is 0 Å². The van der Waals surface area contributed by atoms with Crippen LogP contribution in [0.4, 0.5) is 0 Å². The van der Waals surface area contributed by atoms with E-state index in [1.165, 1.54) is 12.0 Å². The quantitative estimate of drug-likeness (QED) is 0.868. The summed E-state index contributed by atoms with van der Waals surface area (Å²) < 4.78 is 1.01. The van der Waals surface area contributed by atoms with Crippen molar-refractivity contribution in [3.8, 4) is 0 Å². The van der Waals surface area contributed by atoms with Gasteiger partial charge in [-0.05, 0) is 46.9 Å². The number of rotatable bonds is 3. The van der Waals surface area contributed by atoms with E-state index in [1.807, 2.05) is 6.20 Å². The minimum atomic E-state index is 0.258. The van der Waals surface area contributed by atoms with Crippen LogP contribution < -0.4 is 5.73 Å². The fraction of sp³-hybridized carbons (Fsp3) is 0.455. The minimum absolute atomic E-state index is 0.258. The van der Waals surface area contributed by atoms with Gasteiger partial charge in [-0.3, -0.25) is 9.88 Å². The lowest BCUT2D eigenvalue weighted by atomic mass is 10.2. The van der Waals surface area contributed by atoms with Crippen LogP contribution in [0.3, 0.4) is 0 Å². The predicted molar refractivity (Wildman–Crippen MR) is 72.2 cm³/mol. The second kappa shape index (κ2) is 5.21. The van der Waals surface area contributed by atoms with E-state index < -0.39 is 0 Å². The number of hydrogen-bond donors (Lipinski definition) is 1. The van der Waals surface area contributed by atoms with E-state index in [-0.39, 0.29) is 6.04 Å². The summed E-state index contributed by atoms with van der Waals surface area (Å²) in [7, 11) is 0. The molecule has 5 heteroatoms. The molecule has 0 bridgehead atoms. The van der Waals surface area contributed by atoms with Crippen LogP contribution in [0.5, 0.6) is 0 Å². The summed E-state index contributed by atoms with van der Waals surface area (Å²) in [4.78, 5) is 7.10. The van der Waals surface area contributed by atoms with Gasteiger partial charge in [0.05, 0.1) is 11.0 Å². The first-order valence-corrected chi connectivity index (χ1v) is 6.50. The summed E-state index contributed by atoms with van der Waals surface area (Å²) in [6.45, 7) is 1.93. The van der Waals surface area contributed by atoms with Gasteiger partial charge in [0.25, 0.3) is 0 Å². The Labute approximate surface area is 109 Å². The molecule has 0 aliphatic carbocycles. The number of nitrogens with zero attached hydrogens (tertiary/aromatic N) is 2. The minimum Gasteiger partial charge on any atom is -0.392 e. The molecule has 1 aromatic rings. The number of likely N-dealkylation sites (tertiary alicyclic amines) is 1. The normalized spacial score (nSPS) is 21.2. The summed E-state index contributed by atoms with van der Waals surface area (Å²) >= 11 is 8.51. The van der Waals surface area contributed by atoms with Gasteiger partial charge in [-0.15, -0.1) is 0 Å². The Morgan fingerprint density at radius 1 is 1.62 bits per heavy atom. The highest BCUT2D eigenvalue weighted by Gasteiger charge is 2.26. The largest absolute Gasteiger partial charge is 0.392 e. The molecule has 1 unspecified atom stereocenters. The van der Waals surface area contributed by atoms with E-state index in [2.05, 4.69) is 31.9 Å². The highest BCUT2D eigenvalue weighted by Crippen LogP contribution is 2.21. The maximum absolute atomic E-state index is 5.74. The third-order valence-corrected chi connectivity index (χ3v) is 3.55. The Kier molecular flexibility index (Phi) is 3.89. The smallest absolute Gasteiger partial charge is 0.0902 e. The molecule has 1 saturated heterocycles. The number of nitrogens with two attached hydrogens (primary N) is 1. The molecule has 0 spiro atoms. The third kappa shape index (κ3) is 2.78. The van der Waals surface area contributed by atoms with Gasteiger partial charge in [0.15, 0.2) is 0 Å². The standard InChI is InChI=1S/C11H14BrN3S/c12-9-4-8(5-14-6-9)7-15-3-1-2-10(15)11(13)16/h4-6,10H,1-3,7H2,(H2,13,16). The Balaban J connectivity index is 2.06. The molecule has 0 amide bonds. The van der Waals surface area contributed by atoms with Crippen LogP contribution in [0.2, 0.25) is 0 Å². The van der Waals surface area contributed by atoms with Gasteiger partial charge < -0.3 is 5.73 Å². The lowest BCUT2D eigenvalue weighted by Gasteiger charge is -2.23. The molecule has 0 saturated carbocycles. The van der Waals surface area contributed by atoms with Crippen LogP contribution in [-0.4, -0.2) is 27.5 Å². The Bertz CT molecular complexity index is 397. The lowest BCUT2D eigenvalue weighted by molar-refractivity contribution is 0.295. The molecule has 1 aliphatic heterocycles. The van der Waals surface area contributed by atoms with Crippen LogP contribution in [0.1, 0.15) is 18.4 Å². The van der Waals surface area contributed by atoms with Crippen molar-refractivity contribution >= 4 is 33.1 Å². The predicted octanol–water partition coefficient (Wildman–Crippen LogP) is 2.09. The van der Waals surface area contributed by atoms with Crippen molar-refractivity contribution in [3.63, 3.8) is 0 Å². The number of hydrogen-bond acceptors (Lipinski definition) is 3. The molecule has 0 radical (unpaired) electrons. The monoisotopic (exact) mass is 299 g/mol. The van der Waals surface area contributed by atoms with Crippen LogP contribution in [0.25, 0.3) is 0 Å². The first-order chi connectivity index (χ1) is 7.66. The fourth-order valence-corrected chi connectivity index (χ4v) is 2.79. The van der Waals surface area contributed by atoms with Crippen molar-refractivity contribution < 1.29 is 0 Å². The average molecular weight is 300 g/mol. The summed E-state index contributed by atoms with van der Waals surface area (Å²) in [5, 5.41) is 0. The molecule has 86 valence electrons. The molecule has 2 rings (SSSR count). The zero-order valence-corrected chi connectivity index (χ0v) is 11.3. The zero-order chi connectivity index (χ0) is 11.5. The van der Waals surface area contributed by atoms with Crippen molar-refractivity contribution in [3.05, 3.63) is 28.5 Å². The molecular formula is C11H14BrN3S. The Morgan fingerprint density at radius 2 is 2.44 bits per heavy atom. The summed E-state index contributed by atoms with van der Waals surface area (Å²) in [5.41, 5.74) is 6.93. The van der Waals surface area contributed by atoms with Gasteiger partial charge in [-0.25, -0.2) is 0 Å². The average Bonchev–Trinajstić information content (AvgIpc) is 2.66. The van der Waals surface area contributed by atoms with Gasteiger partial charge in [-0.2, -0.15) is 0 Å². The third-order valence-electron chi connectivity index (χ3n) is 2.84. The van der Waals surface area contributed by atoms with Gasteiger partial charge in [0, 0.05) is 23.4 Å². The van der Waals surface area contributed by atoms with Crippen molar-refractivity contribution in [2.45, 2.75) is 25.4 Å². The molecular weight excluding hydrogens is 286 g/mol. The van der Waals surface area contributed by atoms with E-state index >= 15 is 0 Å². The number of halogens is 1.